The van der Waals surface area contributed by atoms with Crippen LogP contribution in [0.1, 0.15) is 19.0 Å². The van der Waals surface area contributed by atoms with E-state index in [1.54, 1.807) is 11.3 Å². The minimum absolute atomic E-state index is 1.02. The van der Waals surface area contributed by atoms with Crippen molar-refractivity contribution in [2.75, 3.05) is 11.9 Å². The zero-order valence-electron chi connectivity index (χ0n) is 6.35. The van der Waals surface area contributed by atoms with Crippen molar-refractivity contribution in [3.63, 3.8) is 0 Å². The van der Waals surface area contributed by atoms with Gasteiger partial charge in [0.25, 0.3) is 0 Å². The van der Waals surface area contributed by atoms with Crippen LogP contribution in [0.5, 0.6) is 0 Å². The Kier molecular flexibility index (Phi) is 2.68. The molecule has 0 aromatic carbocycles. The van der Waals surface area contributed by atoms with Crippen LogP contribution < -0.4 is 5.32 Å². The molecule has 0 fully saturated rings. The van der Waals surface area contributed by atoms with Gasteiger partial charge in [0.05, 0.1) is 5.69 Å². The lowest BCUT2D eigenvalue weighted by molar-refractivity contribution is 0.974. The summed E-state index contributed by atoms with van der Waals surface area (Å²) in [6, 6.07) is 0. The van der Waals surface area contributed by atoms with E-state index < -0.39 is 0 Å². The molecule has 0 aliphatic carbocycles. The number of aromatic nitrogens is 1. The molecular weight excluding hydrogens is 144 g/mol. The lowest BCUT2D eigenvalue weighted by Crippen LogP contribution is -1.98. The van der Waals surface area contributed by atoms with E-state index in [0.717, 1.165) is 23.8 Å². The van der Waals surface area contributed by atoms with Crippen molar-refractivity contribution in [1.82, 2.24) is 4.98 Å². The van der Waals surface area contributed by atoms with E-state index >= 15 is 0 Å². The highest BCUT2D eigenvalue weighted by molar-refractivity contribution is 7.13. The summed E-state index contributed by atoms with van der Waals surface area (Å²) in [5, 5.41) is 6.32. The predicted octanol–water partition coefficient (Wildman–Crippen LogP) is 2.27. The number of aryl methyl sites for hydroxylation is 1. The molecule has 1 heterocycles. The minimum atomic E-state index is 1.02. The molecule has 56 valence electrons. The van der Waals surface area contributed by atoms with Crippen LogP contribution in [-0.4, -0.2) is 11.5 Å². The number of nitrogens with one attached hydrogen (secondary N) is 1. The highest BCUT2D eigenvalue weighted by Crippen LogP contribution is 2.13. The third-order valence-corrected chi connectivity index (χ3v) is 2.06. The monoisotopic (exact) mass is 156 g/mol. The lowest BCUT2D eigenvalue weighted by Gasteiger charge is -1.96. The van der Waals surface area contributed by atoms with E-state index in [4.69, 9.17) is 0 Å². The van der Waals surface area contributed by atoms with Crippen LogP contribution in [0.3, 0.4) is 0 Å². The summed E-state index contributed by atoms with van der Waals surface area (Å²) in [7, 11) is 0. The Morgan fingerprint density at radius 2 is 2.50 bits per heavy atom. The highest BCUT2D eigenvalue weighted by Gasteiger charge is 1.93. The van der Waals surface area contributed by atoms with Crippen molar-refractivity contribution in [3.05, 3.63) is 11.1 Å². The number of anilines is 1. The molecule has 2 nitrogen and oxygen atoms in total. The van der Waals surface area contributed by atoms with Gasteiger partial charge in [-0.15, -0.1) is 11.3 Å². The lowest BCUT2D eigenvalue weighted by atomic mass is 10.5. The van der Waals surface area contributed by atoms with Crippen LogP contribution in [0, 0.1) is 6.92 Å². The first-order valence-electron chi connectivity index (χ1n) is 3.49. The molecule has 0 saturated carbocycles. The molecule has 0 atom stereocenters. The number of nitrogens with zero attached hydrogens (tertiary/aromatic N) is 1. The molecule has 3 heteroatoms. The van der Waals surface area contributed by atoms with E-state index in [1.165, 1.54) is 0 Å². The number of hydrogen-bond acceptors (Lipinski definition) is 3. The molecule has 0 amide bonds. The Morgan fingerprint density at radius 1 is 1.70 bits per heavy atom. The van der Waals surface area contributed by atoms with Crippen LogP contribution in [0.15, 0.2) is 5.38 Å². The molecule has 0 aliphatic heterocycles. The summed E-state index contributed by atoms with van der Waals surface area (Å²) in [5.41, 5.74) is 1.10. The Bertz CT molecular complexity index is 195. The van der Waals surface area contributed by atoms with Gasteiger partial charge < -0.3 is 5.32 Å². The Balaban J connectivity index is 2.42. The van der Waals surface area contributed by atoms with Gasteiger partial charge in [-0.3, -0.25) is 0 Å². The molecule has 1 aromatic rings. The second-order valence-electron chi connectivity index (χ2n) is 2.22. The molecule has 1 rings (SSSR count). The fourth-order valence-corrected chi connectivity index (χ4v) is 1.38. The van der Waals surface area contributed by atoms with Crippen LogP contribution in [-0.2, 0) is 0 Å². The van der Waals surface area contributed by atoms with Crippen molar-refractivity contribution in [2.24, 2.45) is 0 Å². The van der Waals surface area contributed by atoms with Crippen LogP contribution in [0.2, 0.25) is 0 Å². The third kappa shape index (κ3) is 1.99. The first-order chi connectivity index (χ1) is 4.83. The number of rotatable bonds is 3. The Hall–Kier alpha value is -0.570. The molecule has 1 aromatic heterocycles. The molecule has 0 unspecified atom stereocenters. The zero-order valence-corrected chi connectivity index (χ0v) is 7.16. The fourth-order valence-electron chi connectivity index (χ4n) is 0.667. The molecule has 0 spiro atoms. The number of thiazole rings is 1. The fraction of sp³-hybridized carbons (Fsp3) is 0.571. The largest absolute Gasteiger partial charge is 0.362 e. The highest BCUT2D eigenvalue weighted by atomic mass is 32.1. The summed E-state index contributed by atoms with van der Waals surface area (Å²) in [6.45, 7) is 5.17. The van der Waals surface area contributed by atoms with Crippen LogP contribution in [0.25, 0.3) is 0 Å². The summed E-state index contributed by atoms with van der Waals surface area (Å²) in [6.07, 6.45) is 1.15. The summed E-state index contributed by atoms with van der Waals surface area (Å²) >= 11 is 1.67. The second kappa shape index (κ2) is 3.56. The smallest absolute Gasteiger partial charge is 0.182 e. The van der Waals surface area contributed by atoms with Gasteiger partial charge in [-0.1, -0.05) is 6.92 Å². The molecule has 1 N–H and O–H groups in total. The number of hydrogen-bond donors (Lipinski definition) is 1. The van der Waals surface area contributed by atoms with Crippen molar-refractivity contribution in [2.45, 2.75) is 20.3 Å². The summed E-state index contributed by atoms with van der Waals surface area (Å²) in [5.74, 6) is 0. The van der Waals surface area contributed by atoms with Gasteiger partial charge in [-0.25, -0.2) is 4.98 Å². The van der Waals surface area contributed by atoms with Crippen molar-refractivity contribution >= 4 is 16.5 Å². The van der Waals surface area contributed by atoms with E-state index in [0.29, 0.717) is 0 Å². The average molecular weight is 156 g/mol. The van der Waals surface area contributed by atoms with Gasteiger partial charge in [0, 0.05) is 11.9 Å². The normalized spacial score (nSPS) is 9.80. The molecule has 0 radical (unpaired) electrons. The Morgan fingerprint density at radius 3 is 3.00 bits per heavy atom. The van der Waals surface area contributed by atoms with Gasteiger partial charge >= 0.3 is 0 Å². The van der Waals surface area contributed by atoms with Crippen molar-refractivity contribution in [1.29, 1.82) is 0 Å². The zero-order chi connectivity index (χ0) is 7.40. The standard InChI is InChI=1S/C7H12N2S/c1-3-4-8-7-9-6(2)5-10-7/h5H,3-4H2,1-2H3,(H,8,9). The maximum absolute atomic E-state index is 4.26. The van der Waals surface area contributed by atoms with Crippen molar-refractivity contribution in [3.8, 4) is 0 Å². The Labute approximate surface area is 65.3 Å². The van der Waals surface area contributed by atoms with Crippen LogP contribution >= 0.6 is 11.3 Å². The second-order valence-corrected chi connectivity index (χ2v) is 3.08. The van der Waals surface area contributed by atoms with E-state index in [9.17, 15) is 0 Å². The quantitative estimate of drug-likeness (QED) is 0.726. The van der Waals surface area contributed by atoms with Gasteiger partial charge in [0.1, 0.15) is 0 Å². The van der Waals surface area contributed by atoms with E-state index in [-0.39, 0.29) is 0 Å². The van der Waals surface area contributed by atoms with Gasteiger partial charge in [-0.05, 0) is 13.3 Å². The maximum Gasteiger partial charge on any atom is 0.182 e. The SMILES string of the molecule is CCCNc1nc(C)cs1. The predicted molar refractivity (Wildman–Crippen MR) is 45.6 cm³/mol. The average Bonchev–Trinajstić information content (AvgIpc) is 2.31. The third-order valence-electron chi connectivity index (χ3n) is 1.15. The first kappa shape index (κ1) is 7.54. The van der Waals surface area contributed by atoms with E-state index in [1.807, 2.05) is 6.92 Å². The summed E-state index contributed by atoms with van der Waals surface area (Å²) < 4.78 is 0. The molecule has 10 heavy (non-hydrogen) atoms. The molecule has 0 aliphatic rings. The van der Waals surface area contributed by atoms with Crippen molar-refractivity contribution < 1.29 is 0 Å². The van der Waals surface area contributed by atoms with E-state index in [2.05, 4.69) is 22.6 Å². The topological polar surface area (TPSA) is 24.9 Å². The minimum Gasteiger partial charge on any atom is -0.362 e. The first-order valence-corrected chi connectivity index (χ1v) is 4.37. The maximum atomic E-state index is 4.26. The van der Waals surface area contributed by atoms with Gasteiger partial charge in [-0.2, -0.15) is 0 Å². The summed E-state index contributed by atoms with van der Waals surface area (Å²) in [4.78, 5) is 4.26. The molecule has 0 bridgehead atoms. The molecular formula is C7H12N2S. The van der Waals surface area contributed by atoms with Crippen LogP contribution in [0.4, 0.5) is 5.13 Å². The van der Waals surface area contributed by atoms with Gasteiger partial charge in [0.15, 0.2) is 5.13 Å². The van der Waals surface area contributed by atoms with Gasteiger partial charge in [0.2, 0.25) is 0 Å². The molecule has 0 saturated heterocycles.